The number of aromatic nitrogens is 1. The fourth-order valence-electron chi connectivity index (χ4n) is 2.20. The molecule has 0 aliphatic carbocycles. The molecule has 1 unspecified atom stereocenters. The molecule has 1 aromatic heterocycles. The lowest BCUT2D eigenvalue weighted by molar-refractivity contribution is 0.171. The number of ether oxygens (including phenoxy) is 2. The monoisotopic (exact) mass is 308 g/mol. The van der Waals surface area contributed by atoms with Crippen LogP contribution in [0.5, 0.6) is 11.5 Å². The molecule has 6 heteroatoms. The molecule has 0 saturated heterocycles. The summed E-state index contributed by atoms with van der Waals surface area (Å²) in [5.41, 5.74) is 1.03. The maximum Gasteiger partial charge on any atom is 0.211 e. The first kappa shape index (κ1) is 14.2. The summed E-state index contributed by atoms with van der Waals surface area (Å²) in [7, 11) is 0. The Morgan fingerprint density at radius 2 is 2.14 bits per heavy atom. The zero-order chi connectivity index (χ0) is 14.8. The second-order valence-electron chi connectivity index (χ2n) is 5.01. The van der Waals surface area contributed by atoms with E-state index in [2.05, 4.69) is 10.3 Å². The molecule has 0 fully saturated rings. The predicted octanol–water partition coefficient (Wildman–Crippen LogP) is 3.26. The second-order valence-corrected chi connectivity index (χ2v) is 5.42. The van der Waals surface area contributed by atoms with Crippen LogP contribution in [-0.2, 0) is 6.54 Å². The average Bonchev–Trinajstić information content (AvgIpc) is 2.91. The van der Waals surface area contributed by atoms with Gasteiger partial charge in [-0.2, -0.15) is 0 Å². The third-order valence-electron chi connectivity index (χ3n) is 3.28. The minimum atomic E-state index is 0.0191. The molecule has 1 aliphatic rings. The van der Waals surface area contributed by atoms with Gasteiger partial charge in [-0.25, -0.2) is 4.98 Å². The molecule has 3 rings (SSSR count). The summed E-state index contributed by atoms with van der Waals surface area (Å²) in [6.07, 6.45) is 1.72. The third kappa shape index (κ3) is 3.14. The summed E-state index contributed by atoms with van der Waals surface area (Å²) in [6, 6.07) is 3.85. The quantitative estimate of drug-likeness (QED) is 0.939. The molecule has 1 aromatic carbocycles. The predicted molar refractivity (Wildman–Crippen MR) is 78.9 cm³/mol. The molecule has 0 radical (unpaired) electrons. The highest BCUT2D eigenvalue weighted by Gasteiger charge is 2.17. The number of rotatable bonds is 4. The molecular weight excluding hydrogens is 292 g/mol. The SMILES string of the molecule is Cc1cnc(C(C)NCc2cc(Cl)c3c(c2)OCCO3)o1. The number of halogens is 1. The maximum absolute atomic E-state index is 6.22. The summed E-state index contributed by atoms with van der Waals surface area (Å²) in [4.78, 5) is 4.22. The standard InChI is InChI=1S/C15H17ClN2O3/c1-9-7-18-15(21-9)10(2)17-8-11-5-12(16)14-13(6-11)19-3-4-20-14/h5-7,10,17H,3-4,8H2,1-2H3. The first-order valence-electron chi connectivity index (χ1n) is 6.87. The summed E-state index contributed by atoms with van der Waals surface area (Å²) in [5.74, 6) is 2.81. The minimum Gasteiger partial charge on any atom is -0.486 e. The highest BCUT2D eigenvalue weighted by atomic mass is 35.5. The van der Waals surface area contributed by atoms with Gasteiger partial charge < -0.3 is 19.2 Å². The molecule has 2 heterocycles. The Morgan fingerprint density at radius 1 is 1.33 bits per heavy atom. The van der Waals surface area contributed by atoms with E-state index in [0.29, 0.717) is 42.2 Å². The van der Waals surface area contributed by atoms with Crippen molar-refractivity contribution in [1.29, 1.82) is 0 Å². The van der Waals surface area contributed by atoms with E-state index in [4.69, 9.17) is 25.5 Å². The zero-order valence-electron chi connectivity index (χ0n) is 12.0. The molecule has 0 spiro atoms. The smallest absolute Gasteiger partial charge is 0.211 e. The number of aryl methyl sites for hydroxylation is 1. The van der Waals surface area contributed by atoms with Gasteiger partial charge in [-0.15, -0.1) is 0 Å². The molecule has 0 saturated carbocycles. The van der Waals surface area contributed by atoms with Gasteiger partial charge in [0, 0.05) is 6.54 Å². The van der Waals surface area contributed by atoms with Crippen LogP contribution in [0.1, 0.15) is 30.2 Å². The van der Waals surface area contributed by atoms with Crippen molar-refractivity contribution in [2.24, 2.45) is 0 Å². The Kier molecular flexibility index (Phi) is 4.03. The molecule has 5 nitrogen and oxygen atoms in total. The van der Waals surface area contributed by atoms with Crippen molar-refractivity contribution >= 4 is 11.6 Å². The molecule has 2 aromatic rings. The summed E-state index contributed by atoms with van der Waals surface area (Å²) >= 11 is 6.22. The lowest BCUT2D eigenvalue weighted by Crippen LogP contribution is -2.19. The van der Waals surface area contributed by atoms with Crippen LogP contribution in [0.15, 0.2) is 22.7 Å². The summed E-state index contributed by atoms with van der Waals surface area (Å²) in [6.45, 7) is 5.60. The highest BCUT2D eigenvalue weighted by Crippen LogP contribution is 2.38. The fourth-order valence-corrected chi connectivity index (χ4v) is 2.48. The largest absolute Gasteiger partial charge is 0.486 e. The van der Waals surface area contributed by atoms with Gasteiger partial charge in [-0.3, -0.25) is 0 Å². The average molecular weight is 309 g/mol. The zero-order valence-corrected chi connectivity index (χ0v) is 12.7. The van der Waals surface area contributed by atoms with E-state index in [-0.39, 0.29) is 6.04 Å². The Bertz CT molecular complexity index is 642. The van der Waals surface area contributed by atoms with Crippen molar-refractivity contribution in [2.75, 3.05) is 13.2 Å². The van der Waals surface area contributed by atoms with E-state index in [0.717, 1.165) is 11.3 Å². The Morgan fingerprint density at radius 3 is 2.90 bits per heavy atom. The number of benzene rings is 1. The fraction of sp³-hybridized carbons (Fsp3) is 0.400. The molecule has 0 amide bonds. The number of oxazole rings is 1. The van der Waals surface area contributed by atoms with Gasteiger partial charge in [0.1, 0.15) is 19.0 Å². The van der Waals surface area contributed by atoms with E-state index in [1.165, 1.54) is 0 Å². The number of nitrogens with one attached hydrogen (secondary N) is 1. The first-order chi connectivity index (χ1) is 10.1. The van der Waals surface area contributed by atoms with Crippen molar-refractivity contribution in [3.8, 4) is 11.5 Å². The molecular formula is C15H17ClN2O3. The van der Waals surface area contributed by atoms with Gasteiger partial charge in [-0.1, -0.05) is 11.6 Å². The lowest BCUT2D eigenvalue weighted by Gasteiger charge is -2.20. The van der Waals surface area contributed by atoms with Crippen LogP contribution >= 0.6 is 11.6 Å². The second kappa shape index (κ2) is 5.95. The number of hydrogen-bond acceptors (Lipinski definition) is 5. The van der Waals surface area contributed by atoms with Crippen LogP contribution in [0.4, 0.5) is 0 Å². The van der Waals surface area contributed by atoms with Gasteiger partial charge in [0.15, 0.2) is 11.5 Å². The van der Waals surface area contributed by atoms with Crippen molar-refractivity contribution in [2.45, 2.75) is 26.4 Å². The van der Waals surface area contributed by atoms with Crippen molar-refractivity contribution in [3.63, 3.8) is 0 Å². The Labute approximate surface area is 128 Å². The van der Waals surface area contributed by atoms with E-state index in [1.54, 1.807) is 6.20 Å². The van der Waals surface area contributed by atoms with Gasteiger partial charge in [0.25, 0.3) is 0 Å². The molecule has 0 bridgehead atoms. The van der Waals surface area contributed by atoms with Crippen LogP contribution in [0.3, 0.4) is 0 Å². The van der Waals surface area contributed by atoms with Gasteiger partial charge >= 0.3 is 0 Å². The normalized spacial score (nSPS) is 15.0. The van der Waals surface area contributed by atoms with Crippen LogP contribution in [0, 0.1) is 6.92 Å². The van der Waals surface area contributed by atoms with Gasteiger partial charge in [-0.05, 0) is 31.5 Å². The van der Waals surface area contributed by atoms with E-state index < -0.39 is 0 Å². The Hall–Kier alpha value is -1.72. The first-order valence-corrected chi connectivity index (χ1v) is 7.25. The van der Waals surface area contributed by atoms with Gasteiger partial charge in [0.05, 0.1) is 17.3 Å². The van der Waals surface area contributed by atoms with Crippen LogP contribution in [0.25, 0.3) is 0 Å². The van der Waals surface area contributed by atoms with E-state index >= 15 is 0 Å². The van der Waals surface area contributed by atoms with Crippen molar-refractivity contribution in [3.05, 3.63) is 40.6 Å². The van der Waals surface area contributed by atoms with Crippen molar-refractivity contribution in [1.82, 2.24) is 10.3 Å². The minimum absolute atomic E-state index is 0.0191. The molecule has 1 atom stereocenters. The third-order valence-corrected chi connectivity index (χ3v) is 3.56. The number of fused-ring (bicyclic) bond motifs is 1. The van der Waals surface area contributed by atoms with Crippen LogP contribution < -0.4 is 14.8 Å². The molecule has 1 aliphatic heterocycles. The number of hydrogen-bond donors (Lipinski definition) is 1. The van der Waals surface area contributed by atoms with E-state index in [1.807, 2.05) is 26.0 Å². The van der Waals surface area contributed by atoms with Crippen LogP contribution in [-0.4, -0.2) is 18.2 Å². The maximum atomic E-state index is 6.22. The van der Waals surface area contributed by atoms with Gasteiger partial charge in [0.2, 0.25) is 5.89 Å². The Balaban J connectivity index is 1.69. The van der Waals surface area contributed by atoms with E-state index in [9.17, 15) is 0 Å². The lowest BCUT2D eigenvalue weighted by atomic mass is 10.1. The number of nitrogens with zero attached hydrogens (tertiary/aromatic N) is 1. The molecule has 112 valence electrons. The summed E-state index contributed by atoms with van der Waals surface area (Å²) < 4.78 is 16.6. The highest BCUT2D eigenvalue weighted by molar-refractivity contribution is 6.32. The van der Waals surface area contributed by atoms with Crippen molar-refractivity contribution < 1.29 is 13.9 Å². The topological polar surface area (TPSA) is 56.5 Å². The summed E-state index contributed by atoms with van der Waals surface area (Å²) in [5, 5.41) is 3.92. The molecule has 21 heavy (non-hydrogen) atoms. The molecule has 1 N–H and O–H groups in total. The van der Waals surface area contributed by atoms with Crippen LogP contribution in [0.2, 0.25) is 5.02 Å².